The molecular formula is C16H30N2. The minimum Gasteiger partial charge on any atom is -0.311 e. The van der Waals surface area contributed by atoms with Crippen LogP contribution >= 0.6 is 0 Å². The molecule has 2 unspecified atom stereocenters. The predicted octanol–water partition coefficient (Wildman–Crippen LogP) is 2.88. The third-order valence-electron chi connectivity index (χ3n) is 5.36. The fourth-order valence-electron chi connectivity index (χ4n) is 3.84. The molecule has 2 heteroatoms. The van der Waals surface area contributed by atoms with Crippen LogP contribution in [-0.2, 0) is 0 Å². The van der Waals surface area contributed by atoms with Gasteiger partial charge in [0.15, 0.2) is 0 Å². The van der Waals surface area contributed by atoms with Crippen molar-refractivity contribution in [1.29, 1.82) is 0 Å². The van der Waals surface area contributed by atoms with E-state index in [4.69, 9.17) is 0 Å². The molecule has 2 aliphatic carbocycles. The summed E-state index contributed by atoms with van der Waals surface area (Å²) >= 11 is 0. The summed E-state index contributed by atoms with van der Waals surface area (Å²) in [5.41, 5.74) is 0. The first kappa shape index (κ1) is 12.9. The van der Waals surface area contributed by atoms with Gasteiger partial charge >= 0.3 is 0 Å². The van der Waals surface area contributed by atoms with Crippen molar-refractivity contribution in [2.45, 2.75) is 71.0 Å². The van der Waals surface area contributed by atoms with Crippen molar-refractivity contribution in [3.8, 4) is 0 Å². The third-order valence-corrected chi connectivity index (χ3v) is 5.36. The molecule has 3 rings (SSSR count). The molecule has 2 nitrogen and oxygen atoms in total. The van der Waals surface area contributed by atoms with Gasteiger partial charge in [0.25, 0.3) is 0 Å². The van der Waals surface area contributed by atoms with Crippen molar-refractivity contribution in [3.05, 3.63) is 0 Å². The molecule has 0 amide bonds. The van der Waals surface area contributed by atoms with E-state index >= 15 is 0 Å². The fraction of sp³-hybridized carbons (Fsp3) is 1.00. The molecule has 104 valence electrons. The Kier molecular flexibility index (Phi) is 3.68. The molecule has 0 bridgehead atoms. The second kappa shape index (κ2) is 5.13. The van der Waals surface area contributed by atoms with E-state index in [0.717, 1.165) is 29.8 Å². The Labute approximate surface area is 113 Å². The quantitative estimate of drug-likeness (QED) is 0.807. The van der Waals surface area contributed by atoms with Gasteiger partial charge in [0.2, 0.25) is 0 Å². The van der Waals surface area contributed by atoms with Gasteiger partial charge in [-0.15, -0.1) is 0 Å². The zero-order valence-corrected chi connectivity index (χ0v) is 12.4. The van der Waals surface area contributed by atoms with E-state index in [9.17, 15) is 0 Å². The molecular weight excluding hydrogens is 220 g/mol. The van der Waals surface area contributed by atoms with Crippen molar-refractivity contribution >= 4 is 0 Å². The monoisotopic (exact) mass is 250 g/mol. The predicted molar refractivity (Wildman–Crippen MR) is 76.6 cm³/mol. The molecule has 18 heavy (non-hydrogen) atoms. The summed E-state index contributed by atoms with van der Waals surface area (Å²) in [4.78, 5) is 2.93. The van der Waals surface area contributed by atoms with Gasteiger partial charge in [-0.25, -0.2) is 0 Å². The van der Waals surface area contributed by atoms with Crippen molar-refractivity contribution in [1.82, 2.24) is 10.2 Å². The van der Waals surface area contributed by atoms with Gasteiger partial charge in [0, 0.05) is 31.2 Å². The molecule has 0 aromatic heterocycles. The maximum atomic E-state index is 3.78. The number of rotatable bonds is 5. The van der Waals surface area contributed by atoms with E-state index in [1.54, 1.807) is 0 Å². The first-order valence-corrected chi connectivity index (χ1v) is 8.19. The van der Waals surface area contributed by atoms with Crippen LogP contribution in [0.25, 0.3) is 0 Å². The van der Waals surface area contributed by atoms with E-state index < -0.39 is 0 Å². The SMILES string of the molecule is CCC1CNC(C(C)C)CN1C(C1CC1)C1CC1. The molecule has 0 radical (unpaired) electrons. The first-order valence-electron chi connectivity index (χ1n) is 8.19. The minimum absolute atomic E-state index is 0.716. The molecule has 2 saturated carbocycles. The van der Waals surface area contributed by atoms with Gasteiger partial charge in [0.05, 0.1) is 0 Å². The third kappa shape index (κ3) is 2.60. The van der Waals surface area contributed by atoms with Crippen molar-refractivity contribution in [3.63, 3.8) is 0 Å². The van der Waals surface area contributed by atoms with Crippen LogP contribution < -0.4 is 5.32 Å². The average Bonchev–Trinajstić information content (AvgIpc) is 3.23. The van der Waals surface area contributed by atoms with Crippen molar-refractivity contribution in [2.24, 2.45) is 17.8 Å². The fourth-order valence-corrected chi connectivity index (χ4v) is 3.84. The highest BCUT2D eigenvalue weighted by Gasteiger charge is 2.47. The normalized spacial score (nSPS) is 34.5. The smallest absolute Gasteiger partial charge is 0.0221 e. The Morgan fingerprint density at radius 1 is 1.11 bits per heavy atom. The lowest BCUT2D eigenvalue weighted by Gasteiger charge is -2.46. The van der Waals surface area contributed by atoms with Crippen LogP contribution in [0.1, 0.15) is 52.9 Å². The largest absolute Gasteiger partial charge is 0.311 e. The Morgan fingerprint density at radius 3 is 2.17 bits per heavy atom. The summed E-state index contributed by atoms with van der Waals surface area (Å²) in [5, 5.41) is 3.78. The van der Waals surface area contributed by atoms with Gasteiger partial charge in [-0.1, -0.05) is 20.8 Å². The summed E-state index contributed by atoms with van der Waals surface area (Å²) in [7, 11) is 0. The topological polar surface area (TPSA) is 15.3 Å². The van der Waals surface area contributed by atoms with Crippen molar-refractivity contribution < 1.29 is 0 Å². The summed E-state index contributed by atoms with van der Waals surface area (Å²) in [6.45, 7) is 9.62. The maximum absolute atomic E-state index is 3.78. The Morgan fingerprint density at radius 2 is 1.72 bits per heavy atom. The summed E-state index contributed by atoms with van der Waals surface area (Å²) < 4.78 is 0. The van der Waals surface area contributed by atoms with Gasteiger partial charge < -0.3 is 5.32 Å². The number of hydrogen-bond acceptors (Lipinski definition) is 2. The summed E-state index contributed by atoms with van der Waals surface area (Å²) in [5.74, 6) is 2.87. The Hall–Kier alpha value is -0.0800. The van der Waals surface area contributed by atoms with Crippen LogP contribution in [0.5, 0.6) is 0 Å². The lowest BCUT2D eigenvalue weighted by molar-refractivity contribution is 0.0467. The van der Waals surface area contributed by atoms with Crippen LogP contribution in [0.2, 0.25) is 0 Å². The lowest BCUT2D eigenvalue weighted by Crippen LogP contribution is -2.61. The molecule has 1 heterocycles. The molecule has 2 atom stereocenters. The number of hydrogen-bond donors (Lipinski definition) is 1. The van der Waals surface area contributed by atoms with Crippen LogP contribution in [-0.4, -0.2) is 36.1 Å². The van der Waals surface area contributed by atoms with Crippen LogP contribution in [0.3, 0.4) is 0 Å². The summed E-state index contributed by atoms with van der Waals surface area (Å²) in [6, 6.07) is 2.46. The minimum atomic E-state index is 0.716. The molecule has 1 N–H and O–H groups in total. The maximum Gasteiger partial charge on any atom is 0.0221 e. The molecule has 1 saturated heterocycles. The number of nitrogens with one attached hydrogen (secondary N) is 1. The zero-order valence-electron chi connectivity index (χ0n) is 12.4. The van der Waals surface area contributed by atoms with E-state index in [1.165, 1.54) is 45.2 Å². The standard InChI is InChI=1S/C16H30N2/c1-4-14-9-17-15(11(2)3)10-18(14)16(12-5-6-12)13-7-8-13/h11-17H,4-10H2,1-3H3. The lowest BCUT2D eigenvalue weighted by atomic mass is 9.94. The van der Waals surface area contributed by atoms with E-state index in [2.05, 4.69) is 31.0 Å². The Bertz CT molecular complexity index is 269. The molecule has 1 aliphatic heterocycles. The van der Waals surface area contributed by atoms with Gasteiger partial charge in [0.1, 0.15) is 0 Å². The van der Waals surface area contributed by atoms with Crippen LogP contribution in [0.15, 0.2) is 0 Å². The number of nitrogens with zero attached hydrogens (tertiary/aromatic N) is 1. The molecule has 3 aliphatic rings. The van der Waals surface area contributed by atoms with Crippen molar-refractivity contribution in [2.75, 3.05) is 13.1 Å². The summed E-state index contributed by atoms with van der Waals surface area (Å²) in [6.07, 6.45) is 7.34. The number of piperazine rings is 1. The second-order valence-electron chi connectivity index (χ2n) is 7.18. The second-order valence-corrected chi connectivity index (χ2v) is 7.18. The van der Waals surface area contributed by atoms with E-state index in [-0.39, 0.29) is 0 Å². The van der Waals surface area contributed by atoms with Gasteiger partial charge in [-0.3, -0.25) is 4.90 Å². The molecule has 0 aromatic carbocycles. The van der Waals surface area contributed by atoms with E-state index in [1.807, 2.05) is 0 Å². The van der Waals surface area contributed by atoms with Gasteiger partial charge in [-0.05, 0) is 49.9 Å². The Balaban J connectivity index is 1.71. The highest BCUT2D eigenvalue weighted by molar-refractivity contribution is 5.02. The van der Waals surface area contributed by atoms with Crippen LogP contribution in [0.4, 0.5) is 0 Å². The average molecular weight is 250 g/mol. The molecule has 0 spiro atoms. The molecule has 3 fully saturated rings. The highest BCUT2D eigenvalue weighted by Crippen LogP contribution is 2.48. The van der Waals surface area contributed by atoms with Crippen LogP contribution in [0, 0.1) is 17.8 Å². The molecule has 0 aromatic rings. The van der Waals surface area contributed by atoms with E-state index in [0.29, 0.717) is 6.04 Å². The van der Waals surface area contributed by atoms with Gasteiger partial charge in [-0.2, -0.15) is 0 Å². The zero-order chi connectivity index (χ0) is 12.7. The highest BCUT2D eigenvalue weighted by atomic mass is 15.3. The first-order chi connectivity index (χ1) is 8.70.